The Hall–Kier alpha value is -0.870. The van der Waals surface area contributed by atoms with Crippen molar-refractivity contribution in [2.24, 2.45) is 11.8 Å². The summed E-state index contributed by atoms with van der Waals surface area (Å²) in [5.41, 5.74) is 0. The monoisotopic (exact) mass is 281 g/mol. The van der Waals surface area contributed by atoms with Gasteiger partial charge in [-0.3, -0.25) is 0 Å². The zero-order chi connectivity index (χ0) is 13.2. The minimum Gasteiger partial charge on any atom is -0.377 e. The van der Waals surface area contributed by atoms with Gasteiger partial charge in [0, 0.05) is 26.3 Å². The number of nitrogens with zero attached hydrogens (tertiary/aromatic N) is 3. The highest BCUT2D eigenvalue weighted by atomic mass is 35.5. The normalized spacial score (nSPS) is 18.6. The number of anilines is 1. The van der Waals surface area contributed by atoms with E-state index in [1.54, 1.807) is 7.11 Å². The number of rotatable bonds is 7. The molecule has 1 aromatic rings. The third kappa shape index (κ3) is 3.80. The maximum atomic E-state index is 6.10. The predicted octanol–water partition coefficient (Wildman–Crippen LogP) is 2.90. The molecule has 0 unspecified atom stereocenters. The second-order valence-electron chi connectivity index (χ2n) is 5.69. The fourth-order valence-electron chi connectivity index (χ4n) is 2.29. The van der Waals surface area contributed by atoms with Gasteiger partial charge >= 0.3 is 0 Å². The van der Waals surface area contributed by atoms with Crippen molar-refractivity contribution in [1.82, 2.24) is 9.97 Å². The molecule has 2 saturated carbocycles. The van der Waals surface area contributed by atoms with E-state index in [0.717, 1.165) is 30.7 Å². The van der Waals surface area contributed by atoms with E-state index in [2.05, 4.69) is 14.9 Å². The molecule has 0 N–H and O–H groups in total. The maximum absolute atomic E-state index is 6.10. The molecule has 2 aliphatic carbocycles. The smallest absolute Gasteiger partial charge is 0.158 e. The molecule has 0 aromatic carbocycles. The number of halogens is 1. The van der Waals surface area contributed by atoms with Gasteiger partial charge < -0.3 is 9.64 Å². The lowest BCUT2D eigenvalue weighted by Crippen LogP contribution is -2.29. The fraction of sp³-hybridized carbons (Fsp3) is 0.714. The van der Waals surface area contributed by atoms with E-state index in [4.69, 9.17) is 16.3 Å². The van der Waals surface area contributed by atoms with Gasteiger partial charge in [0.15, 0.2) is 5.82 Å². The molecule has 2 fully saturated rings. The Kier molecular flexibility index (Phi) is 3.89. The summed E-state index contributed by atoms with van der Waals surface area (Å²) in [5.74, 6) is 3.32. The minimum atomic E-state index is 0.411. The van der Waals surface area contributed by atoms with Crippen LogP contribution >= 0.6 is 11.6 Å². The molecular weight excluding hydrogens is 262 g/mol. The first kappa shape index (κ1) is 13.1. The number of methoxy groups -OCH3 is 1. The molecule has 0 radical (unpaired) electrons. The molecule has 104 valence electrons. The van der Waals surface area contributed by atoms with E-state index in [0.29, 0.717) is 17.6 Å². The van der Waals surface area contributed by atoms with Crippen molar-refractivity contribution in [3.8, 4) is 0 Å². The maximum Gasteiger partial charge on any atom is 0.158 e. The minimum absolute atomic E-state index is 0.411. The van der Waals surface area contributed by atoms with Gasteiger partial charge in [-0.1, -0.05) is 11.6 Å². The van der Waals surface area contributed by atoms with Crippen LogP contribution in [0.3, 0.4) is 0 Å². The van der Waals surface area contributed by atoms with Gasteiger partial charge in [-0.15, -0.1) is 0 Å². The van der Waals surface area contributed by atoms with Gasteiger partial charge in [0.25, 0.3) is 0 Å². The van der Waals surface area contributed by atoms with Gasteiger partial charge in [0.1, 0.15) is 17.6 Å². The highest BCUT2D eigenvalue weighted by molar-refractivity contribution is 6.29. The highest BCUT2D eigenvalue weighted by Gasteiger charge is 2.30. The summed E-state index contributed by atoms with van der Waals surface area (Å²) in [4.78, 5) is 11.2. The largest absolute Gasteiger partial charge is 0.377 e. The van der Waals surface area contributed by atoms with E-state index >= 15 is 0 Å². The van der Waals surface area contributed by atoms with Gasteiger partial charge in [-0.2, -0.15) is 0 Å². The van der Waals surface area contributed by atoms with Crippen LogP contribution in [0.25, 0.3) is 0 Å². The SMILES string of the molecule is COCc1nc(Cl)cc(N(CC2CC2)CC2CC2)n1. The van der Waals surface area contributed by atoms with E-state index in [-0.39, 0.29) is 0 Å². The molecule has 4 nitrogen and oxygen atoms in total. The molecule has 2 aliphatic rings. The summed E-state index contributed by atoms with van der Waals surface area (Å²) in [5, 5.41) is 0.508. The lowest BCUT2D eigenvalue weighted by molar-refractivity contribution is 0.178. The molecule has 0 saturated heterocycles. The van der Waals surface area contributed by atoms with Crippen molar-refractivity contribution in [3.05, 3.63) is 17.0 Å². The van der Waals surface area contributed by atoms with Crippen LogP contribution in [0.4, 0.5) is 5.82 Å². The Labute approximate surface area is 119 Å². The summed E-state index contributed by atoms with van der Waals surface area (Å²) in [6.07, 6.45) is 5.41. The zero-order valence-electron chi connectivity index (χ0n) is 11.3. The van der Waals surface area contributed by atoms with Crippen molar-refractivity contribution < 1.29 is 4.74 Å². The van der Waals surface area contributed by atoms with Crippen molar-refractivity contribution in [2.45, 2.75) is 32.3 Å². The Balaban J connectivity index is 1.77. The number of hydrogen-bond donors (Lipinski definition) is 0. The van der Waals surface area contributed by atoms with Gasteiger partial charge in [-0.05, 0) is 37.5 Å². The lowest BCUT2D eigenvalue weighted by atomic mass is 10.3. The van der Waals surface area contributed by atoms with Crippen molar-refractivity contribution in [2.75, 3.05) is 25.1 Å². The lowest BCUT2D eigenvalue weighted by Gasteiger charge is -2.24. The summed E-state index contributed by atoms with van der Waals surface area (Å²) < 4.78 is 5.10. The molecule has 5 heteroatoms. The van der Waals surface area contributed by atoms with E-state index in [1.165, 1.54) is 25.7 Å². The fourth-order valence-corrected chi connectivity index (χ4v) is 2.49. The van der Waals surface area contributed by atoms with E-state index < -0.39 is 0 Å². The van der Waals surface area contributed by atoms with Crippen LogP contribution in [0.2, 0.25) is 5.15 Å². The Morgan fingerprint density at radius 2 is 1.84 bits per heavy atom. The first-order valence-corrected chi connectivity index (χ1v) is 7.39. The Bertz CT molecular complexity index is 432. The molecule has 0 aliphatic heterocycles. The van der Waals surface area contributed by atoms with Gasteiger partial charge in [0.05, 0.1) is 0 Å². The molecule has 0 atom stereocenters. The predicted molar refractivity (Wildman–Crippen MR) is 75.4 cm³/mol. The van der Waals surface area contributed by atoms with Crippen LogP contribution in [0, 0.1) is 11.8 Å². The molecule has 0 bridgehead atoms. The Morgan fingerprint density at radius 3 is 2.37 bits per heavy atom. The molecular formula is C14H20ClN3O. The molecule has 1 heterocycles. The first-order valence-electron chi connectivity index (χ1n) is 7.02. The zero-order valence-corrected chi connectivity index (χ0v) is 12.1. The van der Waals surface area contributed by atoms with Crippen molar-refractivity contribution in [3.63, 3.8) is 0 Å². The third-order valence-corrected chi connectivity index (χ3v) is 3.87. The van der Waals surface area contributed by atoms with Crippen LogP contribution in [0.5, 0.6) is 0 Å². The standard InChI is InChI=1S/C14H20ClN3O/c1-19-9-13-16-12(15)6-14(17-13)18(7-10-2-3-10)8-11-4-5-11/h6,10-11H,2-5,7-9H2,1H3. The number of ether oxygens (including phenoxy) is 1. The molecule has 19 heavy (non-hydrogen) atoms. The van der Waals surface area contributed by atoms with Crippen LogP contribution in [-0.4, -0.2) is 30.2 Å². The highest BCUT2D eigenvalue weighted by Crippen LogP contribution is 2.35. The molecule has 1 aromatic heterocycles. The summed E-state index contributed by atoms with van der Waals surface area (Å²) in [6, 6.07) is 1.88. The first-order chi connectivity index (χ1) is 9.24. The molecule has 3 rings (SSSR count). The summed E-state index contributed by atoms with van der Waals surface area (Å²) in [6.45, 7) is 2.63. The third-order valence-electron chi connectivity index (χ3n) is 3.68. The average molecular weight is 282 g/mol. The van der Waals surface area contributed by atoms with Crippen molar-refractivity contribution in [1.29, 1.82) is 0 Å². The molecule has 0 amide bonds. The molecule has 0 spiro atoms. The topological polar surface area (TPSA) is 38.2 Å². The van der Waals surface area contributed by atoms with Crippen LogP contribution in [0.15, 0.2) is 6.07 Å². The van der Waals surface area contributed by atoms with Crippen LogP contribution in [0.1, 0.15) is 31.5 Å². The second kappa shape index (κ2) is 5.63. The number of hydrogen-bond acceptors (Lipinski definition) is 4. The summed E-state index contributed by atoms with van der Waals surface area (Å²) >= 11 is 6.10. The van der Waals surface area contributed by atoms with Gasteiger partial charge in [0.2, 0.25) is 0 Å². The van der Waals surface area contributed by atoms with Crippen molar-refractivity contribution >= 4 is 17.4 Å². The van der Waals surface area contributed by atoms with Gasteiger partial charge in [-0.25, -0.2) is 9.97 Å². The second-order valence-corrected chi connectivity index (χ2v) is 6.08. The average Bonchev–Trinajstić information content (AvgIpc) is 3.22. The number of aromatic nitrogens is 2. The van der Waals surface area contributed by atoms with Crippen LogP contribution < -0.4 is 4.90 Å². The van der Waals surface area contributed by atoms with E-state index in [9.17, 15) is 0 Å². The van der Waals surface area contributed by atoms with Crippen LogP contribution in [-0.2, 0) is 11.3 Å². The Morgan fingerprint density at radius 1 is 1.21 bits per heavy atom. The summed E-state index contributed by atoms with van der Waals surface area (Å²) in [7, 11) is 1.65. The van der Waals surface area contributed by atoms with E-state index in [1.807, 2.05) is 6.07 Å². The quantitative estimate of drug-likeness (QED) is 0.721.